The normalized spacial score (nSPS) is 17.9. The third-order valence-corrected chi connectivity index (χ3v) is 6.34. The molecule has 5 rings (SSSR count). The summed E-state index contributed by atoms with van der Waals surface area (Å²) < 4.78 is 55.5. The summed E-state index contributed by atoms with van der Waals surface area (Å²) in [7, 11) is 0. The summed E-state index contributed by atoms with van der Waals surface area (Å²) in [6.07, 6.45) is -0.637. The maximum atomic E-state index is 13.3. The van der Waals surface area contributed by atoms with Crippen LogP contribution in [-0.4, -0.2) is 29.1 Å². The average Bonchev–Trinajstić information content (AvgIpc) is 3.48. The number of oxazole rings is 1. The number of alkyl halides is 3. The van der Waals surface area contributed by atoms with Crippen molar-refractivity contribution in [1.82, 2.24) is 10.3 Å². The first-order chi connectivity index (χ1) is 16.5. The molecule has 2 aliphatic rings. The zero-order valence-corrected chi connectivity index (χ0v) is 19.2. The number of amides is 2. The second kappa shape index (κ2) is 8.19. The third kappa shape index (κ3) is 4.51. The number of carbonyl (C=O) groups excluding carboxylic acids is 2. The summed E-state index contributed by atoms with van der Waals surface area (Å²) in [5.41, 5.74) is 1.75. The molecule has 11 heteroatoms. The molecule has 2 amide bonds. The van der Waals surface area contributed by atoms with Crippen molar-refractivity contribution in [2.45, 2.75) is 25.6 Å². The Labute approximate surface area is 201 Å². The Hall–Kier alpha value is -3.73. The van der Waals surface area contributed by atoms with E-state index in [9.17, 15) is 22.8 Å². The van der Waals surface area contributed by atoms with Crippen molar-refractivity contribution < 1.29 is 36.7 Å². The van der Waals surface area contributed by atoms with E-state index in [0.29, 0.717) is 46.7 Å². The number of carbonyl (C=O) groups is 2. The first-order valence-corrected chi connectivity index (χ1v) is 11.2. The van der Waals surface area contributed by atoms with Crippen molar-refractivity contribution in [3.05, 3.63) is 58.8 Å². The molecule has 0 radical (unpaired) electrons. The predicted octanol–water partition coefficient (Wildman–Crippen LogP) is 5.90. The van der Waals surface area contributed by atoms with E-state index in [0.717, 1.165) is 5.56 Å². The van der Waals surface area contributed by atoms with Crippen molar-refractivity contribution in [2.24, 2.45) is 0 Å². The SMILES string of the molecule is CC1(C)COc2c(-c3cc(/C=C4\SC(=O)NC4=O)ccc3OC(F)(F)F)cc(-c3ncco3)cc21. The Kier molecular flexibility index (Phi) is 5.39. The highest BCUT2D eigenvalue weighted by molar-refractivity contribution is 8.18. The lowest BCUT2D eigenvalue weighted by molar-refractivity contribution is -0.274. The number of nitrogens with zero attached hydrogens (tertiary/aromatic N) is 1. The summed E-state index contributed by atoms with van der Waals surface area (Å²) in [6, 6.07) is 7.46. The molecular formula is C24H17F3N2O5S. The van der Waals surface area contributed by atoms with Crippen LogP contribution >= 0.6 is 11.8 Å². The molecule has 0 bridgehead atoms. The van der Waals surface area contributed by atoms with Crippen LogP contribution < -0.4 is 14.8 Å². The fourth-order valence-electron chi connectivity index (χ4n) is 3.94. The molecule has 0 atom stereocenters. The van der Waals surface area contributed by atoms with Crippen LogP contribution in [0.5, 0.6) is 11.5 Å². The maximum absolute atomic E-state index is 13.3. The van der Waals surface area contributed by atoms with Crippen LogP contribution in [0.2, 0.25) is 0 Å². The number of imide groups is 1. The molecule has 0 unspecified atom stereocenters. The lowest BCUT2D eigenvalue weighted by Crippen LogP contribution is -2.18. The van der Waals surface area contributed by atoms with Crippen LogP contribution in [0.25, 0.3) is 28.7 Å². The van der Waals surface area contributed by atoms with Gasteiger partial charge in [-0.2, -0.15) is 0 Å². The molecule has 2 aromatic carbocycles. The number of aromatic nitrogens is 1. The van der Waals surface area contributed by atoms with Gasteiger partial charge in [-0.05, 0) is 47.7 Å². The van der Waals surface area contributed by atoms with E-state index >= 15 is 0 Å². The zero-order chi connectivity index (χ0) is 25.0. The summed E-state index contributed by atoms with van der Waals surface area (Å²) in [4.78, 5) is 27.8. The van der Waals surface area contributed by atoms with E-state index < -0.39 is 28.7 Å². The van der Waals surface area contributed by atoms with Gasteiger partial charge in [-0.3, -0.25) is 14.9 Å². The molecule has 3 aromatic rings. The van der Waals surface area contributed by atoms with E-state index in [1.807, 2.05) is 19.9 Å². The monoisotopic (exact) mass is 502 g/mol. The van der Waals surface area contributed by atoms with Gasteiger partial charge in [0.25, 0.3) is 11.1 Å². The van der Waals surface area contributed by atoms with Crippen molar-refractivity contribution in [3.8, 4) is 34.1 Å². The summed E-state index contributed by atoms with van der Waals surface area (Å²) in [5, 5.41) is 1.63. The van der Waals surface area contributed by atoms with Crippen molar-refractivity contribution in [3.63, 3.8) is 0 Å². The van der Waals surface area contributed by atoms with Gasteiger partial charge in [0.2, 0.25) is 5.89 Å². The number of hydrogen-bond acceptors (Lipinski definition) is 7. The second-order valence-corrected chi connectivity index (χ2v) is 9.58. The highest BCUT2D eigenvalue weighted by Gasteiger charge is 2.37. The Balaban J connectivity index is 1.72. The quantitative estimate of drug-likeness (QED) is 0.444. The van der Waals surface area contributed by atoms with Crippen LogP contribution in [-0.2, 0) is 10.2 Å². The van der Waals surface area contributed by atoms with Gasteiger partial charge in [0.15, 0.2) is 0 Å². The molecule has 1 fully saturated rings. The second-order valence-electron chi connectivity index (χ2n) is 8.57. The van der Waals surface area contributed by atoms with Crippen molar-refractivity contribution in [1.29, 1.82) is 0 Å². The van der Waals surface area contributed by atoms with E-state index in [-0.39, 0.29) is 10.5 Å². The first kappa shape index (κ1) is 23.0. The maximum Gasteiger partial charge on any atom is 0.573 e. The van der Waals surface area contributed by atoms with Gasteiger partial charge >= 0.3 is 6.36 Å². The largest absolute Gasteiger partial charge is 0.573 e. The van der Waals surface area contributed by atoms with Crippen molar-refractivity contribution >= 4 is 29.0 Å². The van der Waals surface area contributed by atoms with Crippen LogP contribution in [0.3, 0.4) is 0 Å². The number of benzene rings is 2. The Morgan fingerprint density at radius 1 is 1.17 bits per heavy atom. The fourth-order valence-corrected chi connectivity index (χ4v) is 4.62. The minimum Gasteiger partial charge on any atom is -0.492 e. The molecular weight excluding hydrogens is 485 g/mol. The highest BCUT2D eigenvalue weighted by Crippen LogP contribution is 2.49. The molecule has 1 saturated heterocycles. The van der Waals surface area contributed by atoms with Gasteiger partial charge in [-0.1, -0.05) is 19.9 Å². The van der Waals surface area contributed by atoms with E-state index in [4.69, 9.17) is 9.15 Å². The van der Waals surface area contributed by atoms with Gasteiger partial charge in [-0.25, -0.2) is 4.98 Å². The summed E-state index contributed by atoms with van der Waals surface area (Å²) >= 11 is 0.710. The predicted molar refractivity (Wildman–Crippen MR) is 122 cm³/mol. The van der Waals surface area contributed by atoms with E-state index in [1.165, 1.54) is 36.7 Å². The topological polar surface area (TPSA) is 90.7 Å². The van der Waals surface area contributed by atoms with E-state index in [1.54, 1.807) is 6.07 Å². The van der Waals surface area contributed by atoms with Gasteiger partial charge in [-0.15, -0.1) is 13.2 Å². The van der Waals surface area contributed by atoms with Crippen LogP contribution in [0.4, 0.5) is 18.0 Å². The minimum atomic E-state index is -4.94. The van der Waals surface area contributed by atoms with Crippen molar-refractivity contribution in [2.75, 3.05) is 6.61 Å². The molecule has 180 valence electrons. The number of fused-ring (bicyclic) bond motifs is 1. The Morgan fingerprint density at radius 2 is 1.97 bits per heavy atom. The van der Waals surface area contributed by atoms with Crippen LogP contribution in [0, 0.1) is 0 Å². The molecule has 2 aliphatic heterocycles. The van der Waals surface area contributed by atoms with Crippen LogP contribution in [0.1, 0.15) is 25.0 Å². The van der Waals surface area contributed by atoms with Gasteiger partial charge in [0.1, 0.15) is 17.8 Å². The molecule has 1 N–H and O–H groups in total. The van der Waals surface area contributed by atoms with Gasteiger partial charge in [0.05, 0.1) is 17.7 Å². The standard InChI is InChI=1S/C24H17F3N2O5S/c1-23(2)11-33-19-15(9-13(10-16(19)23)21-28-5-6-32-21)14-7-12(3-4-17(14)34-24(25,26)27)8-18-20(30)29-22(31)35-18/h3-10H,11H2,1-2H3,(H,29,30,31)/b18-8-. The lowest BCUT2D eigenvalue weighted by atomic mass is 9.84. The smallest absolute Gasteiger partial charge is 0.492 e. The average molecular weight is 502 g/mol. The van der Waals surface area contributed by atoms with E-state index in [2.05, 4.69) is 15.0 Å². The molecule has 0 saturated carbocycles. The number of nitrogens with one attached hydrogen (secondary N) is 1. The molecule has 35 heavy (non-hydrogen) atoms. The summed E-state index contributed by atoms with van der Waals surface area (Å²) in [5.74, 6) is -0.301. The number of hydrogen-bond donors (Lipinski definition) is 1. The first-order valence-electron chi connectivity index (χ1n) is 10.4. The molecule has 1 aromatic heterocycles. The fraction of sp³-hybridized carbons (Fsp3) is 0.208. The Morgan fingerprint density at radius 3 is 2.63 bits per heavy atom. The van der Waals surface area contributed by atoms with Crippen LogP contribution in [0.15, 0.2) is 52.1 Å². The van der Waals surface area contributed by atoms with Gasteiger partial charge < -0.3 is 13.9 Å². The number of halogens is 3. The summed E-state index contributed by atoms with van der Waals surface area (Å²) in [6.45, 7) is 4.24. The molecule has 0 aliphatic carbocycles. The minimum absolute atomic E-state index is 0.0914. The lowest BCUT2D eigenvalue weighted by Gasteiger charge is -2.18. The zero-order valence-electron chi connectivity index (χ0n) is 18.4. The molecule has 7 nitrogen and oxygen atoms in total. The Bertz CT molecular complexity index is 1380. The number of ether oxygens (including phenoxy) is 2. The third-order valence-electron chi connectivity index (χ3n) is 5.53. The van der Waals surface area contributed by atoms with Gasteiger partial charge in [0, 0.05) is 27.7 Å². The molecule has 3 heterocycles. The molecule has 0 spiro atoms. The number of rotatable bonds is 4. The number of thioether (sulfide) groups is 1. The highest BCUT2D eigenvalue weighted by atomic mass is 32.2.